The summed E-state index contributed by atoms with van der Waals surface area (Å²) in [6.45, 7) is 15.2. The summed E-state index contributed by atoms with van der Waals surface area (Å²) in [6, 6.07) is 113. The first-order chi connectivity index (χ1) is 51.8. The monoisotopic (exact) mass is 1460 g/mol. The third-order valence-electron chi connectivity index (χ3n) is 20.7. The van der Waals surface area contributed by atoms with Gasteiger partial charge in [-0.1, -0.05) is 216 Å². The standard InChI is InChI=1S/C44H25N3S.C42H34BNO2S.C8H3BrN2/c45-26-32-14-9-15-33(27-46)43(32)39-25-34(24-38-35-16-7-8-17-42(35)48-44(38)39)47-40-20-18-30(28-10-3-1-4-11-28)22-36(40)37-23-31(19-21-41(37)47)29-12-5-2-6-13-29;1-41(2)42(3,4)46-43(45-41)36-26-31(25-35-32-17-11-12-18-39(32)47-40(35)36)44-37-21-19-29(27-13-7-5-8-14-27)23-33(37)34-24-30(20-22-38(34)44)28-15-9-6-10-16-28;1-11-7-4-2-3-6(5-10)8(7)9/h1-25H;5-26H,1-4H3;2-4H. The minimum absolute atomic E-state index is 0.439. The zero-order chi connectivity index (χ0) is 72.4. The normalized spacial score (nSPS) is 13.0. The molecule has 0 radical (unpaired) electrons. The molecule has 0 saturated carbocycles. The van der Waals surface area contributed by atoms with Gasteiger partial charge in [-0.3, -0.25) is 0 Å². The number of hydrogen-bond acceptors (Lipinski definition) is 7. The zero-order valence-electron chi connectivity index (χ0n) is 58.1. The summed E-state index contributed by atoms with van der Waals surface area (Å²) in [5, 5.41) is 38.5. The molecule has 106 heavy (non-hydrogen) atoms. The Bertz CT molecular complexity index is 6460. The Morgan fingerprint density at radius 2 is 0.726 bits per heavy atom. The van der Waals surface area contributed by atoms with Gasteiger partial charge in [-0.15, -0.1) is 22.7 Å². The number of aromatic nitrogens is 2. The molecule has 12 heteroatoms. The molecule has 0 N–H and O–H groups in total. The van der Waals surface area contributed by atoms with Crippen molar-refractivity contribution in [2.75, 3.05) is 0 Å². The Morgan fingerprint density at radius 1 is 0.368 bits per heavy atom. The summed E-state index contributed by atoms with van der Waals surface area (Å²) >= 11 is 6.69. The van der Waals surface area contributed by atoms with Gasteiger partial charge < -0.3 is 18.4 Å². The van der Waals surface area contributed by atoms with Crippen LogP contribution in [0.5, 0.6) is 0 Å². The van der Waals surface area contributed by atoms with Gasteiger partial charge in [0.15, 0.2) is 0 Å². The van der Waals surface area contributed by atoms with E-state index < -0.39 is 18.3 Å². The van der Waals surface area contributed by atoms with E-state index in [1.54, 1.807) is 47.7 Å². The lowest BCUT2D eigenvalue weighted by Crippen LogP contribution is -2.41. The van der Waals surface area contributed by atoms with Gasteiger partial charge in [-0.25, -0.2) is 4.85 Å². The number of rotatable bonds is 8. The number of halogens is 1. The number of benzene rings is 14. The number of nitrogens with zero attached hydrogens (tertiary/aromatic N) is 6. The van der Waals surface area contributed by atoms with Gasteiger partial charge in [-0.05, 0) is 175 Å². The first-order valence-corrected chi connectivity index (χ1v) is 37.4. The van der Waals surface area contributed by atoms with Gasteiger partial charge >= 0.3 is 7.12 Å². The van der Waals surface area contributed by atoms with E-state index in [1.807, 2.05) is 29.5 Å². The molecule has 19 rings (SSSR count). The maximum Gasteiger partial charge on any atom is 0.496 e. The first kappa shape index (κ1) is 66.8. The van der Waals surface area contributed by atoms with Crippen molar-refractivity contribution in [3.05, 3.63) is 336 Å². The average Bonchev–Trinajstić information content (AvgIpc) is 1.54. The van der Waals surface area contributed by atoms with Gasteiger partial charge in [-0.2, -0.15) is 15.8 Å². The molecule has 502 valence electrons. The Balaban J connectivity index is 0.000000136. The highest BCUT2D eigenvalue weighted by Gasteiger charge is 2.52. The minimum atomic E-state index is -0.474. The maximum atomic E-state index is 10.2. The van der Waals surface area contributed by atoms with Crippen LogP contribution in [0.3, 0.4) is 0 Å². The van der Waals surface area contributed by atoms with Gasteiger partial charge in [0.05, 0.1) is 74.7 Å². The van der Waals surface area contributed by atoms with E-state index in [9.17, 15) is 10.5 Å². The molecule has 1 saturated heterocycles. The second-order valence-electron chi connectivity index (χ2n) is 27.4. The van der Waals surface area contributed by atoms with Crippen molar-refractivity contribution in [1.29, 1.82) is 15.8 Å². The SMILES string of the molecule is CC1(C)OB(c2cc(-n3c4ccc(-c5ccccc5)cc4c4cc(-c5ccccc5)ccc43)cc3c2sc2ccccc23)OC1(C)C.N#Cc1cccc(C#N)c1-c1cc(-n2c3ccc(-c4ccccc4)cc3c3cc(-c4ccccc4)ccc32)cc2c1sc1ccccc12.[C-]#[N+]c1cccc(C#N)c1Br. The molecular formula is C94H62BBrN6O2S2. The van der Waals surface area contributed by atoms with Gasteiger partial charge in [0.2, 0.25) is 5.69 Å². The summed E-state index contributed by atoms with van der Waals surface area (Å²) < 4.78 is 23.5. The van der Waals surface area contributed by atoms with Gasteiger partial charge in [0.1, 0.15) is 0 Å². The van der Waals surface area contributed by atoms with Gasteiger partial charge in [0, 0.05) is 94.3 Å². The lowest BCUT2D eigenvalue weighted by Gasteiger charge is -2.32. The fraction of sp³-hybridized carbons (Fsp3) is 0.0638. The summed E-state index contributed by atoms with van der Waals surface area (Å²) in [4.78, 5) is 3.23. The highest BCUT2D eigenvalue weighted by molar-refractivity contribution is 9.10. The minimum Gasteiger partial charge on any atom is -0.399 e. The van der Waals surface area contributed by atoms with E-state index in [0.717, 1.165) is 70.8 Å². The molecule has 0 unspecified atom stereocenters. The van der Waals surface area contributed by atoms with E-state index in [1.165, 1.54) is 80.1 Å². The van der Waals surface area contributed by atoms with E-state index in [2.05, 4.69) is 325 Å². The molecule has 0 atom stereocenters. The number of fused-ring (bicyclic) bond motifs is 12. The molecule has 8 nitrogen and oxygen atoms in total. The Kier molecular flexibility index (Phi) is 17.2. The van der Waals surface area contributed by atoms with E-state index in [-0.39, 0.29) is 0 Å². The predicted octanol–water partition coefficient (Wildman–Crippen LogP) is 25.6. The van der Waals surface area contributed by atoms with Crippen molar-refractivity contribution in [3.8, 4) is 85.2 Å². The molecule has 18 aromatic rings. The second kappa shape index (κ2) is 27.3. The van der Waals surface area contributed by atoms with Crippen molar-refractivity contribution in [2.45, 2.75) is 38.9 Å². The molecule has 1 fully saturated rings. The van der Waals surface area contributed by atoms with Crippen LogP contribution in [0.25, 0.3) is 156 Å². The molecule has 5 heterocycles. The highest BCUT2D eigenvalue weighted by atomic mass is 79.9. The molecular weight excluding hydrogens is 1400 g/mol. The maximum absolute atomic E-state index is 10.2. The molecule has 14 aromatic carbocycles. The van der Waals surface area contributed by atoms with Crippen LogP contribution in [-0.2, 0) is 9.31 Å². The zero-order valence-corrected chi connectivity index (χ0v) is 61.4. The third-order valence-corrected chi connectivity index (χ3v) is 24.0. The highest BCUT2D eigenvalue weighted by Crippen LogP contribution is 2.47. The quantitative estimate of drug-likeness (QED) is 0.111. The van der Waals surface area contributed by atoms with Crippen LogP contribution in [0.1, 0.15) is 44.4 Å². The van der Waals surface area contributed by atoms with Crippen LogP contribution in [0.2, 0.25) is 0 Å². The average molecular weight is 1460 g/mol. The van der Waals surface area contributed by atoms with Crippen molar-refractivity contribution < 1.29 is 9.31 Å². The predicted molar refractivity (Wildman–Crippen MR) is 445 cm³/mol. The lowest BCUT2D eigenvalue weighted by atomic mass is 9.78. The molecule has 0 bridgehead atoms. The molecule has 0 spiro atoms. The number of hydrogen-bond donors (Lipinski definition) is 0. The van der Waals surface area contributed by atoms with Crippen LogP contribution in [0.15, 0.2) is 308 Å². The third kappa shape index (κ3) is 11.8. The van der Waals surface area contributed by atoms with Crippen LogP contribution in [0, 0.1) is 40.6 Å². The van der Waals surface area contributed by atoms with Crippen molar-refractivity contribution >= 4 is 141 Å². The molecule has 0 aliphatic carbocycles. The lowest BCUT2D eigenvalue weighted by molar-refractivity contribution is 0.00578. The Hall–Kier alpha value is -12.5. The molecule has 1 aliphatic rings. The smallest absolute Gasteiger partial charge is 0.399 e. The summed E-state index contributed by atoms with van der Waals surface area (Å²) in [6.07, 6.45) is 0. The summed E-state index contributed by atoms with van der Waals surface area (Å²) in [5.74, 6) is 0. The van der Waals surface area contributed by atoms with Crippen molar-refractivity contribution in [1.82, 2.24) is 9.13 Å². The van der Waals surface area contributed by atoms with E-state index >= 15 is 0 Å². The van der Waals surface area contributed by atoms with Crippen LogP contribution in [-0.4, -0.2) is 27.5 Å². The van der Waals surface area contributed by atoms with Crippen LogP contribution >= 0.6 is 38.6 Å². The largest absolute Gasteiger partial charge is 0.496 e. The van der Waals surface area contributed by atoms with Crippen molar-refractivity contribution in [3.63, 3.8) is 0 Å². The van der Waals surface area contributed by atoms with E-state index in [4.69, 9.17) is 21.1 Å². The Labute approximate surface area is 630 Å². The summed E-state index contributed by atoms with van der Waals surface area (Å²) in [5.41, 5.74) is 19.9. The second-order valence-corrected chi connectivity index (χ2v) is 30.3. The van der Waals surface area contributed by atoms with E-state index in [0.29, 0.717) is 32.4 Å². The fourth-order valence-corrected chi connectivity index (χ4v) is 17.7. The Morgan fingerprint density at radius 3 is 1.13 bits per heavy atom. The van der Waals surface area contributed by atoms with Crippen LogP contribution < -0.4 is 5.46 Å². The van der Waals surface area contributed by atoms with Crippen LogP contribution in [0.4, 0.5) is 5.69 Å². The molecule has 1 aliphatic heterocycles. The number of nitriles is 3. The molecule has 4 aromatic heterocycles. The topological polar surface area (TPSA) is 104 Å². The van der Waals surface area contributed by atoms with Crippen molar-refractivity contribution in [2.24, 2.45) is 0 Å². The first-order valence-electron chi connectivity index (χ1n) is 34.9. The molecule has 0 amide bonds. The number of thiophene rings is 2. The summed E-state index contributed by atoms with van der Waals surface area (Å²) in [7, 11) is -0.474. The van der Waals surface area contributed by atoms with Gasteiger partial charge in [0.25, 0.3) is 0 Å². The fourth-order valence-electron chi connectivity index (χ4n) is 14.8.